The molecule has 1 aliphatic heterocycles. The van der Waals surface area contributed by atoms with E-state index in [2.05, 4.69) is 5.32 Å². The predicted octanol–water partition coefficient (Wildman–Crippen LogP) is -0.107. The second-order valence-electron chi connectivity index (χ2n) is 3.66. The van der Waals surface area contributed by atoms with Gasteiger partial charge in [0.2, 0.25) is 5.91 Å². The largest absolute Gasteiger partial charge is 0.396 e. The Morgan fingerprint density at radius 3 is 3.09 bits per heavy atom. The van der Waals surface area contributed by atoms with Crippen molar-refractivity contribution in [1.29, 1.82) is 0 Å². The van der Waals surface area contributed by atoms with Gasteiger partial charge in [-0.3, -0.25) is 4.79 Å². The average molecular weight is 155 g/mol. The van der Waals surface area contributed by atoms with Crippen LogP contribution in [0.1, 0.15) is 19.3 Å². The van der Waals surface area contributed by atoms with Gasteiger partial charge in [0.1, 0.15) is 0 Å². The number of rotatable bonds is 1. The fraction of sp³-hybridized carbons (Fsp3) is 0.875. The Labute approximate surface area is 65.8 Å². The molecule has 62 valence electrons. The fourth-order valence-electron chi connectivity index (χ4n) is 2.31. The highest BCUT2D eigenvalue weighted by atomic mass is 16.3. The first-order valence-electron chi connectivity index (χ1n) is 4.20. The number of hydrogen-bond acceptors (Lipinski definition) is 2. The zero-order chi connectivity index (χ0) is 7.84. The van der Waals surface area contributed by atoms with Crippen molar-refractivity contribution in [2.24, 2.45) is 11.8 Å². The monoisotopic (exact) mass is 155 g/mol. The number of piperidine rings is 1. The third-order valence-electron chi connectivity index (χ3n) is 2.85. The van der Waals surface area contributed by atoms with Gasteiger partial charge in [0, 0.05) is 25.0 Å². The summed E-state index contributed by atoms with van der Waals surface area (Å²) in [6.07, 6.45) is 2.78. The first-order chi connectivity index (χ1) is 5.29. The van der Waals surface area contributed by atoms with Gasteiger partial charge >= 0.3 is 0 Å². The summed E-state index contributed by atoms with van der Waals surface area (Å²) in [5, 5.41) is 11.9. The van der Waals surface area contributed by atoms with Crippen LogP contribution in [-0.4, -0.2) is 23.7 Å². The van der Waals surface area contributed by atoms with Gasteiger partial charge in [-0.15, -0.1) is 0 Å². The van der Waals surface area contributed by atoms with Crippen LogP contribution in [-0.2, 0) is 4.79 Å². The molecule has 1 saturated carbocycles. The number of carbonyl (C=O) groups is 1. The van der Waals surface area contributed by atoms with E-state index in [9.17, 15) is 4.79 Å². The molecule has 2 aliphatic rings. The van der Waals surface area contributed by atoms with E-state index >= 15 is 0 Å². The molecule has 1 saturated heterocycles. The van der Waals surface area contributed by atoms with Crippen LogP contribution in [0.4, 0.5) is 0 Å². The lowest BCUT2D eigenvalue weighted by atomic mass is 10.0. The summed E-state index contributed by atoms with van der Waals surface area (Å²) in [7, 11) is 0. The Hall–Kier alpha value is -0.570. The van der Waals surface area contributed by atoms with Crippen LogP contribution in [0.15, 0.2) is 0 Å². The minimum atomic E-state index is 0.169. The second-order valence-corrected chi connectivity index (χ2v) is 3.66. The van der Waals surface area contributed by atoms with Gasteiger partial charge in [-0.05, 0) is 18.8 Å². The highest BCUT2D eigenvalue weighted by Crippen LogP contribution is 2.36. The molecule has 3 atom stereocenters. The van der Waals surface area contributed by atoms with E-state index in [4.69, 9.17) is 5.11 Å². The minimum absolute atomic E-state index is 0.169. The van der Waals surface area contributed by atoms with Gasteiger partial charge in [-0.1, -0.05) is 0 Å². The third kappa shape index (κ3) is 1.13. The molecule has 1 aliphatic carbocycles. The van der Waals surface area contributed by atoms with Crippen molar-refractivity contribution in [3.63, 3.8) is 0 Å². The summed E-state index contributed by atoms with van der Waals surface area (Å²) in [6.45, 7) is 0.224. The Kier molecular flexibility index (Phi) is 1.60. The average Bonchev–Trinajstić information content (AvgIpc) is 2.25. The van der Waals surface area contributed by atoms with Gasteiger partial charge in [0.15, 0.2) is 0 Å². The van der Waals surface area contributed by atoms with Crippen molar-refractivity contribution in [3.8, 4) is 0 Å². The number of nitrogens with one attached hydrogen (secondary N) is 1. The number of aliphatic hydroxyl groups is 1. The number of carbonyl (C=O) groups excluding carboxylic acids is 1. The molecule has 0 aromatic carbocycles. The molecule has 3 heteroatoms. The maximum Gasteiger partial charge on any atom is 0.220 e. The van der Waals surface area contributed by atoms with Crippen molar-refractivity contribution >= 4 is 5.91 Å². The van der Waals surface area contributed by atoms with Crippen molar-refractivity contribution < 1.29 is 9.90 Å². The SMILES string of the molecule is O=C1C[C@H]2C[C@@H](CO)[C@@H](C2)N1. The Bertz CT molecular complexity index is 181. The number of fused-ring (bicyclic) bond motifs is 2. The van der Waals surface area contributed by atoms with Crippen LogP contribution in [0, 0.1) is 11.8 Å². The molecule has 1 amide bonds. The van der Waals surface area contributed by atoms with E-state index in [1.807, 2.05) is 0 Å². The van der Waals surface area contributed by atoms with Crippen LogP contribution in [0.25, 0.3) is 0 Å². The molecule has 2 rings (SSSR count). The van der Waals surface area contributed by atoms with Gasteiger partial charge in [-0.2, -0.15) is 0 Å². The summed E-state index contributed by atoms with van der Waals surface area (Å²) < 4.78 is 0. The molecule has 0 spiro atoms. The van der Waals surface area contributed by atoms with Crippen molar-refractivity contribution in [1.82, 2.24) is 5.32 Å². The molecular weight excluding hydrogens is 142 g/mol. The minimum Gasteiger partial charge on any atom is -0.396 e. The van der Waals surface area contributed by atoms with Gasteiger partial charge in [0.25, 0.3) is 0 Å². The van der Waals surface area contributed by atoms with E-state index in [1.54, 1.807) is 0 Å². The smallest absolute Gasteiger partial charge is 0.220 e. The highest BCUT2D eigenvalue weighted by Gasteiger charge is 2.39. The Balaban J connectivity index is 2.08. The summed E-state index contributed by atoms with van der Waals surface area (Å²) in [5.41, 5.74) is 0. The number of amides is 1. The van der Waals surface area contributed by atoms with Gasteiger partial charge in [-0.25, -0.2) is 0 Å². The van der Waals surface area contributed by atoms with E-state index < -0.39 is 0 Å². The van der Waals surface area contributed by atoms with E-state index in [0.717, 1.165) is 12.8 Å². The molecule has 0 unspecified atom stereocenters. The van der Waals surface area contributed by atoms with Crippen molar-refractivity contribution in [3.05, 3.63) is 0 Å². The Morgan fingerprint density at radius 1 is 1.55 bits per heavy atom. The van der Waals surface area contributed by atoms with Gasteiger partial charge < -0.3 is 10.4 Å². The normalized spacial score (nSPS) is 42.3. The van der Waals surface area contributed by atoms with Crippen LogP contribution in [0.3, 0.4) is 0 Å². The third-order valence-corrected chi connectivity index (χ3v) is 2.85. The van der Waals surface area contributed by atoms with E-state index in [1.165, 1.54) is 0 Å². The first-order valence-corrected chi connectivity index (χ1v) is 4.20. The lowest BCUT2D eigenvalue weighted by Gasteiger charge is -2.21. The molecule has 3 nitrogen and oxygen atoms in total. The first kappa shape index (κ1) is 7.10. The highest BCUT2D eigenvalue weighted by molar-refractivity contribution is 5.77. The zero-order valence-electron chi connectivity index (χ0n) is 6.42. The summed E-state index contributed by atoms with van der Waals surface area (Å²) in [4.78, 5) is 11.0. The lowest BCUT2D eigenvalue weighted by molar-refractivity contribution is -0.123. The summed E-state index contributed by atoms with van der Waals surface area (Å²) in [5.74, 6) is 1.04. The van der Waals surface area contributed by atoms with Crippen LogP contribution < -0.4 is 5.32 Å². The molecule has 1 heterocycles. The summed E-state index contributed by atoms with van der Waals surface area (Å²) in [6, 6.07) is 0.270. The molecule has 0 aromatic heterocycles. The Morgan fingerprint density at radius 2 is 2.36 bits per heavy atom. The molecule has 0 aromatic rings. The van der Waals surface area contributed by atoms with Crippen LogP contribution in [0.2, 0.25) is 0 Å². The van der Waals surface area contributed by atoms with E-state index in [0.29, 0.717) is 18.3 Å². The fourth-order valence-corrected chi connectivity index (χ4v) is 2.31. The second kappa shape index (κ2) is 2.48. The quantitative estimate of drug-likeness (QED) is 0.555. The van der Waals surface area contributed by atoms with Crippen LogP contribution in [0.5, 0.6) is 0 Å². The maximum atomic E-state index is 11.0. The zero-order valence-corrected chi connectivity index (χ0v) is 6.42. The number of aliphatic hydroxyl groups excluding tert-OH is 1. The molecule has 0 radical (unpaired) electrons. The molecule has 2 bridgehead atoms. The topological polar surface area (TPSA) is 49.3 Å². The maximum absolute atomic E-state index is 11.0. The molecule has 2 N–H and O–H groups in total. The van der Waals surface area contributed by atoms with Crippen molar-refractivity contribution in [2.45, 2.75) is 25.3 Å². The predicted molar refractivity (Wildman–Crippen MR) is 39.8 cm³/mol. The summed E-state index contributed by atoms with van der Waals surface area (Å²) >= 11 is 0. The van der Waals surface area contributed by atoms with Crippen LogP contribution >= 0.6 is 0 Å². The molecule has 11 heavy (non-hydrogen) atoms. The molecule has 2 fully saturated rings. The van der Waals surface area contributed by atoms with Gasteiger partial charge in [0.05, 0.1) is 0 Å². The van der Waals surface area contributed by atoms with E-state index in [-0.39, 0.29) is 18.6 Å². The number of hydrogen-bond donors (Lipinski definition) is 2. The standard InChI is InChI=1S/C8H13NO2/c10-4-6-1-5-2-7(6)9-8(11)3-5/h5-7,10H,1-4H2,(H,9,11)/t5-,6-,7+/m0/s1. The lowest BCUT2D eigenvalue weighted by Crippen LogP contribution is -2.40. The van der Waals surface area contributed by atoms with Crippen molar-refractivity contribution in [2.75, 3.05) is 6.61 Å². The molecular formula is C8H13NO2.